The average molecular weight is 1310 g/mol. The van der Waals surface area contributed by atoms with Crippen LogP contribution in [0.2, 0.25) is 0 Å². The number of Topliss-reactive ketones (excluding diaryl/α,β-unsaturated/α-hetero) is 1. The highest BCUT2D eigenvalue weighted by atomic mass is 32.2. The molecule has 4 aliphatic rings. The summed E-state index contributed by atoms with van der Waals surface area (Å²) in [6.45, 7) is 23.2. The minimum absolute atomic E-state index is 0.0278. The van der Waals surface area contributed by atoms with Gasteiger partial charge in [0.2, 0.25) is 16.6 Å². The van der Waals surface area contributed by atoms with Crippen LogP contribution < -0.4 is 10.0 Å². The van der Waals surface area contributed by atoms with Gasteiger partial charge in [0.1, 0.15) is 36.6 Å². The van der Waals surface area contributed by atoms with E-state index < -0.39 is 180 Å². The number of rotatable bonds is 21. The molecule has 0 bridgehead atoms. The van der Waals surface area contributed by atoms with Crippen LogP contribution in [0.4, 0.5) is 18.0 Å². The maximum absolute atomic E-state index is 16.1. The topological polar surface area (TPSA) is 293 Å². The lowest BCUT2D eigenvalue weighted by Gasteiger charge is -2.45. The molecule has 1 aromatic rings. The van der Waals surface area contributed by atoms with Gasteiger partial charge in [-0.3, -0.25) is 14.4 Å². The molecule has 28 heteroatoms. The fourth-order valence-corrected chi connectivity index (χ4v) is 13.6. The molecule has 22 atom stereocenters. The molecule has 4 saturated heterocycles. The monoisotopic (exact) mass is 1310 g/mol. The van der Waals surface area contributed by atoms with Crippen molar-refractivity contribution in [3.8, 4) is 0 Å². The molecule has 516 valence electrons. The molecule has 24 nitrogen and oxygen atoms in total. The van der Waals surface area contributed by atoms with E-state index in [-0.39, 0.29) is 54.7 Å². The van der Waals surface area contributed by atoms with E-state index in [1.54, 1.807) is 80.5 Å². The molecular formula is C62H101F3N4O20S. The molecule has 4 aliphatic heterocycles. The van der Waals surface area contributed by atoms with E-state index in [2.05, 4.69) is 24.9 Å². The first kappa shape index (κ1) is 76.5. The number of benzene rings is 1. The summed E-state index contributed by atoms with van der Waals surface area (Å²) in [6, 6.07) is 7.47. The van der Waals surface area contributed by atoms with Gasteiger partial charge in [-0.15, -0.1) is 0 Å². The van der Waals surface area contributed by atoms with E-state index in [0.29, 0.717) is 13.0 Å². The summed E-state index contributed by atoms with van der Waals surface area (Å²) >= 11 is 0. The smallest absolute Gasteiger partial charge is 0.425 e. The molecule has 12 unspecified atom stereocenters. The second-order valence-corrected chi connectivity index (χ2v) is 28.3. The summed E-state index contributed by atoms with van der Waals surface area (Å²) in [5, 5.41) is 29.2. The zero-order chi connectivity index (χ0) is 67.5. The fraction of sp³-hybridized carbons (Fsp3) is 0.823. The van der Waals surface area contributed by atoms with Gasteiger partial charge in [-0.1, -0.05) is 71.8 Å². The van der Waals surface area contributed by atoms with Crippen LogP contribution in [0.3, 0.4) is 0 Å². The number of nitrogens with zero attached hydrogens (tertiary/aromatic N) is 2. The van der Waals surface area contributed by atoms with Crippen LogP contribution in [0.5, 0.6) is 0 Å². The SMILES string of the molecule is CO[C@@H]1[C@H](O)[C@@H](C)O[C@@H](OCC(C)C2OC(=O)C(C)C(O[C@H]3CC(C)N(C)C[C@H](C)O3)C(C)C(O[C@@H]3O[C@H](C)CC(=NOCC(F)(F)F)[C@H]3O)C(C)CC(C)(OC(=O)NC(C)(C)CNS(=O)(=O)c3ccccc3)C(=O)C(C)C(OC(=O)CC(C)C)C2C)[C@@H]1OC. The van der Waals surface area contributed by atoms with Crippen molar-refractivity contribution in [1.29, 1.82) is 0 Å². The summed E-state index contributed by atoms with van der Waals surface area (Å²) in [6.07, 6.45) is -22.0. The quantitative estimate of drug-likeness (QED) is 0.0566. The largest absolute Gasteiger partial charge is 0.461 e. The van der Waals surface area contributed by atoms with Gasteiger partial charge < -0.3 is 77.4 Å². The molecule has 0 aromatic heterocycles. The van der Waals surface area contributed by atoms with Crippen molar-refractivity contribution >= 4 is 39.6 Å². The number of alkyl carbamates (subject to hydrolysis) is 1. The zero-order valence-electron chi connectivity index (χ0n) is 55.4. The molecule has 4 N–H and O–H groups in total. The molecule has 0 saturated carbocycles. The van der Waals surface area contributed by atoms with Crippen LogP contribution in [0.25, 0.3) is 0 Å². The predicted octanol–water partition coefficient (Wildman–Crippen LogP) is 6.70. The van der Waals surface area contributed by atoms with Crippen molar-refractivity contribution in [3.63, 3.8) is 0 Å². The first-order chi connectivity index (χ1) is 41.8. The lowest BCUT2D eigenvalue weighted by Crippen LogP contribution is -2.59. The highest BCUT2D eigenvalue weighted by Gasteiger charge is 2.53. The second kappa shape index (κ2) is 32.8. The van der Waals surface area contributed by atoms with Gasteiger partial charge in [0.05, 0.1) is 65.1 Å². The summed E-state index contributed by atoms with van der Waals surface area (Å²) in [4.78, 5) is 67.1. The van der Waals surface area contributed by atoms with Crippen LogP contribution >= 0.6 is 0 Å². The van der Waals surface area contributed by atoms with Crippen LogP contribution in [0.15, 0.2) is 40.4 Å². The first-order valence-corrected chi connectivity index (χ1v) is 32.6. The molecular weight excluding hydrogens is 1210 g/mol. The van der Waals surface area contributed by atoms with Crippen molar-refractivity contribution in [2.24, 2.45) is 46.6 Å². The lowest BCUT2D eigenvalue weighted by molar-refractivity contribution is -0.305. The Balaban J connectivity index is 1.72. The van der Waals surface area contributed by atoms with Gasteiger partial charge in [-0.25, -0.2) is 17.9 Å². The number of aliphatic hydroxyl groups excluding tert-OH is 2. The van der Waals surface area contributed by atoms with Crippen molar-refractivity contribution < 1.29 is 108 Å². The first-order valence-electron chi connectivity index (χ1n) is 31.1. The van der Waals surface area contributed by atoms with Gasteiger partial charge in [0.15, 0.2) is 30.3 Å². The van der Waals surface area contributed by atoms with E-state index >= 15 is 9.59 Å². The normalized spacial score (nSPS) is 36.7. The summed E-state index contributed by atoms with van der Waals surface area (Å²) in [5.74, 6) is -9.02. The number of likely N-dealkylation sites (N-methyl/N-ethyl adjacent to an activating group) is 1. The minimum atomic E-state index is -4.76. The van der Waals surface area contributed by atoms with Crippen LogP contribution in [-0.4, -0.2) is 210 Å². The van der Waals surface area contributed by atoms with Crippen molar-refractivity contribution in [1.82, 2.24) is 14.9 Å². The van der Waals surface area contributed by atoms with Gasteiger partial charge in [0.25, 0.3) is 0 Å². The number of ketones is 1. The number of esters is 2. The van der Waals surface area contributed by atoms with Crippen molar-refractivity contribution in [2.45, 2.75) is 244 Å². The Kier molecular flexibility index (Phi) is 27.9. The molecule has 4 heterocycles. The maximum Gasteiger partial charge on any atom is 0.425 e. The average Bonchev–Trinajstić information content (AvgIpc) is 0.933. The highest BCUT2D eigenvalue weighted by Crippen LogP contribution is 2.41. The van der Waals surface area contributed by atoms with E-state index in [1.165, 1.54) is 54.0 Å². The zero-order valence-corrected chi connectivity index (χ0v) is 56.2. The number of sulfonamides is 1. The number of carbonyl (C=O) groups excluding carboxylic acids is 4. The lowest BCUT2D eigenvalue weighted by atomic mass is 9.74. The number of cyclic esters (lactones) is 1. The number of amides is 1. The third-order valence-corrected chi connectivity index (χ3v) is 18.7. The number of ether oxygens (including phenoxy) is 11. The molecule has 0 radical (unpaired) electrons. The van der Waals surface area contributed by atoms with Gasteiger partial charge in [0, 0.05) is 70.4 Å². The number of carbonyl (C=O) groups is 4. The number of alkyl halides is 3. The predicted molar refractivity (Wildman–Crippen MR) is 321 cm³/mol. The summed E-state index contributed by atoms with van der Waals surface area (Å²) < 4.78 is 139. The van der Waals surface area contributed by atoms with Crippen molar-refractivity contribution in [2.75, 3.05) is 47.6 Å². The molecule has 0 aliphatic carbocycles. The van der Waals surface area contributed by atoms with E-state index in [9.17, 15) is 41.4 Å². The Labute approximate surface area is 528 Å². The Hall–Kier alpha value is -4.17. The molecule has 1 amide bonds. The number of nitrogens with one attached hydrogen (secondary N) is 2. The molecule has 5 rings (SSSR count). The standard InChI is InChI=1S/C62H101F3N4O20S/c1-32(2)24-45(70)85-51-39(9)50(34(4)29-80-58-54(79-18)53(78-17)47(71)42(12)84-58)87-56(74)41(11)52(86-46-25-35(5)69(16)28-37(7)82-46)38(8)49(88-57-48(72)44(26-36(6)83-57)68-81-31-62(63,64)65)33(3)27-61(15,55(73)40(51)10)89-59(75)67-60(13,14)30-66-90(76,77)43-22-20-19-21-23-43/h19-23,32-42,46-54,57-58,66,71-72H,24-31H2,1-18H3,(H,67,75)/t33?,34?,35?,36-,37+,38?,39?,40?,41?,42-,46+,47-,48-,49?,50?,51?,52?,53-,54-,57+,58-,61?/m1/s1. The number of methoxy groups -OCH3 is 2. The highest BCUT2D eigenvalue weighted by molar-refractivity contribution is 7.89. The van der Waals surface area contributed by atoms with Gasteiger partial charge in [-0.2, -0.15) is 13.2 Å². The number of aliphatic hydroxyl groups is 2. The third kappa shape index (κ3) is 20.9. The Morgan fingerprint density at radius 1 is 0.844 bits per heavy atom. The molecule has 0 spiro atoms. The van der Waals surface area contributed by atoms with Gasteiger partial charge in [-0.05, 0) is 92.8 Å². The fourth-order valence-electron chi connectivity index (χ4n) is 12.3. The number of oxime groups is 1. The third-order valence-electron chi connectivity index (χ3n) is 17.3. The van der Waals surface area contributed by atoms with Crippen LogP contribution in [-0.2, 0) is 81.3 Å². The van der Waals surface area contributed by atoms with Gasteiger partial charge >= 0.3 is 24.2 Å². The van der Waals surface area contributed by atoms with E-state index in [4.69, 9.17) is 52.1 Å². The Morgan fingerprint density at radius 2 is 1.49 bits per heavy atom. The molecule has 90 heavy (non-hydrogen) atoms. The minimum Gasteiger partial charge on any atom is -0.461 e. The number of halogens is 3. The maximum atomic E-state index is 16.1. The van der Waals surface area contributed by atoms with Crippen LogP contribution in [0.1, 0.15) is 130 Å². The van der Waals surface area contributed by atoms with Crippen molar-refractivity contribution in [3.05, 3.63) is 30.3 Å². The van der Waals surface area contributed by atoms with E-state index in [1.807, 2.05) is 20.9 Å². The Morgan fingerprint density at radius 3 is 2.10 bits per heavy atom. The number of hydrogen-bond acceptors (Lipinski definition) is 22. The Bertz CT molecular complexity index is 2630. The summed E-state index contributed by atoms with van der Waals surface area (Å²) in [5.41, 5.74) is -3.85. The van der Waals surface area contributed by atoms with E-state index in [0.717, 1.165) is 0 Å². The molecule has 4 fully saturated rings. The second-order valence-electron chi connectivity index (χ2n) is 26.5. The summed E-state index contributed by atoms with van der Waals surface area (Å²) in [7, 11) is 0.676. The van der Waals surface area contributed by atoms with Crippen LogP contribution in [0, 0.1) is 41.4 Å². The number of hydrogen-bond donors (Lipinski definition) is 4. The molecule has 1 aromatic carbocycles.